The van der Waals surface area contributed by atoms with Crippen LogP contribution in [0.15, 0.2) is 12.2 Å². The van der Waals surface area contributed by atoms with Gasteiger partial charge in [0.05, 0.1) is 6.10 Å². The Labute approximate surface area is 156 Å². The minimum atomic E-state index is -0.104. The summed E-state index contributed by atoms with van der Waals surface area (Å²) in [4.78, 5) is 0. The Morgan fingerprint density at radius 2 is 1.76 bits per heavy atom. The van der Waals surface area contributed by atoms with Crippen molar-refractivity contribution in [3.05, 3.63) is 12.2 Å². The Bertz CT molecular complexity index is 506. The van der Waals surface area contributed by atoms with Gasteiger partial charge in [-0.15, -0.1) is 6.58 Å². The molecule has 3 fully saturated rings. The van der Waals surface area contributed by atoms with Crippen LogP contribution in [0.3, 0.4) is 0 Å². The van der Waals surface area contributed by atoms with E-state index in [0.29, 0.717) is 17.3 Å². The molecule has 1 N–H and O–H groups in total. The van der Waals surface area contributed by atoms with Crippen molar-refractivity contribution in [2.75, 3.05) is 0 Å². The minimum absolute atomic E-state index is 0.104. The first kappa shape index (κ1) is 19.5. The quantitative estimate of drug-likeness (QED) is 0.579. The minimum Gasteiger partial charge on any atom is -0.393 e. The Morgan fingerprint density at radius 3 is 2.40 bits per heavy atom. The molecule has 3 rings (SSSR count). The maximum atomic E-state index is 11.3. The average Bonchev–Trinajstić information content (AvgIpc) is 2.84. The molecule has 0 aromatic heterocycles. The molecular weight excluding hydrogens is 304 g/mol. The first-order chi connectivity index (χ1) is 11.6. The van der Waals surface area contributed by atoms with Gasteiger partial charge in [0.1, 0.15) is 0 Å². The van der Waals surface area contributed by atoms with Crippen molar-refractivity contribution in [2.24, 2.45) is 46.3 Å². The van der Waals surface area contributed by atoms with E-state index in [2.05, 4.69) is 48.1 Å². The fraction of sp³-hybridized carbons (Fsp3) is 0.917. The first-order valence-corrected chi connectivity index (χ1v) is 10.9. The fourth-order valence-electron chi connectivity index (χ4n) is 7.45. The van der Waals surface area contributed by atoms with E-state index in [1.807, 2.05) is 0 Å². The Morgan fingerprint density at radius 1 is 1.08 bits per heavy atom. The molecule has 3 aliphatic carbocycles. The third-order valence-corrected chi connectivity index (χ3v) is 9.39. The monoisotopic (exact) mass is 346 g/mol. The molecule has 1 nitrogen and oxygen atoms in total. The number of aliphatic hydroxyl groups is 1. The van der Waals surface area contributed by atoms with E-state index in [-0.39, 0.29) is 11.5 Å². The molecule has 0 heterocycles. The summed E-state index contributed by atoms with van der Waals surface area (Å²) in [5.41, 5.74) is 1.83. The molecular formula is C24H42O. The van der Waals surface area contributed by atoms with Crippen molar-refractivity contribution in [3.8, 4) is 0 Å². The van der Waals surface area contributed by atoms with Crippen LogP contribution in [0.2, 0.25) is 0 Å². The zero-order valence-electron chi connectivity index (χ0n) is 17.6. The molecule has 0 radical (unpaired) electrons. The Balaban J connectivity index is 1.83. The highest BCUT2D eigenvalue weighted by atomic mass is 16.3. The van der Waals surface area contributed by atoms with Gasteiger partial charge >= 0.3 is 0 Å². The molecule has 0 saturated heterocycles. The summed E-state index contributed by atoms with van der Waals surface area (Å²) in [5, 5.41) is 11.3. The number of hydrogen-bond donors (Lipinski definition) is 1. The summed E-state index contributed by atoms with van der Waals surface area (Å²) >= 11 is 0. The van der Waals surface area contributed by atoms with Crippen LogP contribution in [0.1, 0.15) is 86.5 Å². The number of allylic oxidation sites excluding steroid dienone is 1. The van der Waals surface area contributed by atoms with Crippen molar-refractivity contribution < 1.29 is 5.11 Å². The van der Waals surface area contributed by atoms with Crippen molar-refractivity contribution in [3.63, 3.8) is 0 Å². The van der Waals surface area contributed by atoms with Gasteiger partial charge in [0.15, 0.2) is 0 Å². The summed E-state index contributed by atoms with van der Waals surface area (Å²) in [6.07, 6.45) is 8.67. The second kappa shape index (κ2) is 6.70. The number of rotatable bonds is 4. The summed E-state index contributed by atoms with van der Waals surface area (Å²) in [7, 11) is 0. The van der Waals surface area contributed by atoms with E-state index in [1.165, 1.54) is 37.7 Å². The van der Waals surface area contributed by atoms with E-state index in [4.69, 9.17) is 0 Å². The smallest absolute Gasteiger partial charge is 0.0602 e. The van der Waals surface area contributed by atoms with E-state index >= 15 is 0 Å². The summed E-state index contributed by atoms with van der Waals surface area (Å²) in [6, 6.07) is 0. The molecule has 0 aliphatic heterocycles. The van der Waals surface area contributed by atoms with Crippen LogP contribution in [0.25, 0.3) is 0 Å². The van der Waals surface area contributed by atoms with E-state index < -0.39 is 0 Å². The Hall–Kier alpha value is -0.300. The van der Waals surface area contributed by atoms with Crippen molar-refractivity contribution >= 4 is 0 Å². The molecule has 25 heavy (non-hydrogen) atoms. The van der Waals surface area contributed by atoms with E-state index in [0.717, 1.165) is 36.5 Å². The van der Waals surface area contributed by atoms with Crippen LogP contribution >= 0.6 is 0 Å². The molecule has 0 aromatic carbocycles. The van der Waals surface area contributed by atoms with Crippen LogP contribution in [0.4, 0.5) is 0 Å². The highest BCUT2D eigenvalue weighted by Crippen LogP contribution is 2.67. The molecule has 7 unspecified atom stereocenters. The highest BCUT2D eigenvalue weighted by Gasteiger charge is 2.62. The van der Waals surface area contributed by atoms with Gasteiger partial charge in [-0.05, 0) is 98.2 Å². The van der Waals surface area contributed by atoms with Crippen LogP contribution in [0.5, 0.6) is 0 Å². The van der Waals surface area contributed by atoms with Crippen LogP contribution in [-0.2, 0) is 0 Å². The predicted molar refractivity (Wildman–Crippen MR) is 107 cm³/mol. The number of fused-ring (bicyclic) bond motifs is 3. The number of hydrogen-bond acceptors (Lipinski definition) is 1. The van der Waals surface area contributed by atoms with Gasteiger partial charge < -0.3 is 5.11 Å². The molecule has 0 aromatic rings. The molecule has 3 aliphatic rings. The second-order valence-electron chi connectivity index (χ2n) is 11.0. The highest BCUT2D eigenvalue weighted by molar-refractivity contribution is 5.11. The standard InChI is InChI=1S/C24H42O/c1-15(2)9-8-10-18-11-12-19-22-16(3)13-17(4)23(5,6)20(22)14-21(25)24(18,19)7/h16-22,25H,1,8-14H2,2-7H3/t16?,17?,18?,19?,20?,21-,22?,24?/m0/s1. The predicted octanol–water partition coefficient (Wildman–Crippen LogP) is 6.46. The topological polar surface area (TPSA) is 20.2 Å². The van der Waals surface area contributed by atoms with Crippen molar-refractivity contribution in [2.45, 2.75) is 92.6 Å². The van der Waals surface area contributed by atoms with Gasteiger partial charge in [-0.2, -0.15) is 0 Å². The third-order valence-electron chi connectivity index (χ3n) is 9.39. The van der Waals surface area contributed by atoms with Crippen molar-refractivity contribution in [1.82, 2.24) is 0 Å². The molecule has 144 valence electrons. The largest absolute Gasteiger partial charge is 0.393 e. The van der Waals surface area contributed by atoms with Crippen LogP contribution in [-0.4, -0.2) is 11.2 Å². The number of aliphatic hydroxyl groups excluding tert-OH is 1. The Kier molecular flexibility index (Phi) is 5.21. The summed E-state index contributed by atoms with van der Waals surface area (Å²) in [5.74, 6) is 4.56. The van der Waals surface area contributed by atoms with E-state index in [9.17, 15) is 5.11 Å². The SMILES string of the molecule is C=C(C)CCCC1CCC2C3C(C)CC(C)C(C)(C)C3C[C@H](O)C12C. The zero-order chi connectivity index (χ0) is 18.6. The average molecular weight is 347 g/mol. The van der Waals surface area contributed by atoms with Crippen molar-refractivity contribution in [1.29, 1.82) is 0 Å². The van der Waals surface area contributed by atoms with Gasteiger partial charge in [-0.3, -0.25) is 0 Å². The molecule has 8 atom stereocenters. The molecule has 0 spiro atoms. The van der Waals surface area contributed by atoms with Gasteiger partial charge in [0.2, 0.25) is 0 Å². The van der Waals surface area contributed by atoms with Gasteiger partial charge in [-0.1, -0.05) is 40.2 Å². The molecule has 1 heteroatoms. The normalized spacial score (nSPS) is 48.7. The first-order valence-electron chi connectivity index (χ1n) is 10.9. The molecule has 0 amide bonds. The second-order valence-corrected chi connectivity index (χ2v) is 11.0. The maximum absolute atomic E-state index is 11.3. The fourth-order valence-corrected chi connectivity index (χ4v) is 7.45. The molecule has 3 saturated carbocycles. The van der Waals surface area contributed by atoms with Gasteiger partial charge in [0.25, 0.3) is 0 Å². The zero-order valence-corrected chi connectivity index (χ0v) is 17.6. The molecule has 0 bridgehead atoms. The van der Waals surface area contributed by atoms with Gasteiger partial charge in [-0.25, -0.2) is 0 Å². The lowest BCUT2D eigenvalue weighted by Crippen LogP contribution is -2.58. The lowest BCUT2D eigenvalue weighted by Gasteiger charge is -2.61. The lowest BCUT2D eigenvalue weighted by atomic mass is 9.44. The summed E-state index contributed by atoms with van der Waals surface area (Å²) in [6.45, 7) is 18.6. The summed E-state index contributed by atoms with van der Waals surface area (Å²) < 4.78 is 0. The van der Waals surface area contributed by atoms with Crippen LogP contribution < -0.4 is 0 Å². The van der Waals surface area contributed by atoms with Crippen LogP contribution in [0, 0.1) is 46.3 Å². The van der Waals surface area contributed by atoms with E-state index in [1.54, 1.807) is 0 Å². The third kappa shape index (κ3) is 3.03. The van der Waals surface area contributed by atoms with Gasteiger partial charge in [0, 0.05) is 0 Å². The lowest BCUT2D eigenvalue weighted by molar-refractivity contribution is -0.166. The maximum Gasteiger partial charge on any atom is 0.0602 e.